The Kier molecular flexibility index (Phi) is 6.66. The molecule has 0 amide bonds. The summed E-state index contributed by atoms with van der Waals surface area (Å²) in [6.45, 7) is 10.6. The SMILES string of the molecule is CC.CC#CN1CCC(C)CC1. The topological polar surface area (TPSA) is 3.24 Å². The maximum absolute atomic E-state index is 3.09. The smallest absolute Gasteiger partial charge is 0.0263 e. The van der Waals surface area contributed by atoms with Crippen LogP contribution in [0.15, 0.2) is 0 Å². The molecule has 0 N–H and O–H groups in total. The first-order chi connectivity index (χ1) is 5.83. The fourth-order valence-corrected chi connectivity index (χ4v) is 1.28. The lowest BCUT2D eigenvalue weighted by molar-refractivity contribution is 0.268. The molecular formula is C11H21N. The molecule has 1 heteroatoms. The lowest BCUT2D eigenvalue weighted by atomic mass is 10.00. The largest absolute Gasteiger partial charge is 0.333 e. The minimum absolute atomic E-state index is 0.912. The van der Waals surface area contributed by atoms with E-state index in [1.165, 1.54) is 25.9 Å². The monoisotopic (exact) mass is 167 g/mol. The van der Waals surface area contributed by atoms with Crippen molar-refractivity contribution in [2.45, 2.75) is 40.5 Å². The fraction of sp³-hybridized carbons (Fsp3) is 0.818. The maximum Gasteiger partial charge on any atom is 0.0263 e. The minimum Gasteiger partial charge on any atom is -0.333 e. The second-order valence-electron chi connectivity index (χ2n) is 3.03. The van der Waals surface area contributed by atoms with Crippen LogP contribution in [0.1, 0.15) is 40.5 Å². The van der Waals surface area contributed by atoms with Gasteiger partial charge in [0.05, 0.1) is 0 Å². The molecule has 0 aliphatic carbocycles. The van der Waals surface area contributed by atoms with Gasteiger partial charge in [-0.15, -0.1) is 0 Å². The molecule has 0 saturated carbocycles. The number of piperidine rings is 1. The second-order valence-corrected chi connectivity index (χ2v) is 3.03. The van der Waals surface area contributed by atoms with Gasteiger partial charge < -0.3 is 4.90 Å². The highest BCUT2D eigenvalue weighted by molar-refractivity contribution is 4.96. The zero-order valence-corrected chi connectivity index (χ0v) is 8.85. The van der Waals surface area contributed by atoms with Gasteiger partial charge in [0, 0.05) is 19.1 Å². The van der Waals surface area contributed by atoms with E-state index >= 15 is 0 Å². The molecule has 1 fully saturated rings. The Bertz CT molecular complexity index is 144. The zero-order chi connectivity index (χ0) is 9.40. The first-order valence-corrected chi connectivity index (χ1v) is 5.00. The van der Waals surface area contributed by atoms with E-state index in [1.807, 2.05) is 20.8 Å². The Labute approximate surface area is 77.1 Å². The van der Waals surface area contributed by atoms with Gasteiger partial charge in [0.2, 0.25) is 0 Å². The van der Waals surface area contributed by atoms with Crippen molar-refractivity contribution in [3.63, 3.8) is 0 Å². The molecule has 0 spiro atoms. The highest BCUT2D eigenvalue weighted by atomic mass is 15.1. The molecule has 1 aliphatic heterocycles. The van der Waals surface area contributed by atoms with E-state index in [1.54, 1.807) is 0 Å². The van der Waals surface area contributed by atoms with E-state index in [9.17, 15) is 0 Å². The lowest BCUT2D eigenvalue weighted by Crippen LogP contribution is -2.28. The van der Waals surface area contributed by atoms with Gasteiger partial charge in [0.25, 0.3) is 0 Å². The van der Waals surface area contributed by atoms with Gasteiger partial charge in [0.15, 0.2) is 0 Å². The van der Waals surface area contributed by atoms with E-state index in [0.717, 1.165) is 5.92 Å². The molecule has 0 unspecified atom stereocenters. The van der Waals surface area contributed by atoms with Crippen LogP contribution in [0, 0.1) is 17.9 Å². The minimum atomic E-state index is 0.912. The molecular weight excluding hydrogens is 146 g/mol. The maximum atomic E-state index is 3.09. The number of nitrogens with zero attached hydrogens (tertiary/aromatic N) is 1. The molecule has 0 bridgehead atoms. The average molecular weight is 167 g/mol. The summed E-state index contributed by atoms with van der Waals surface area (Å²) >= 11 is 0. The number of hydrogen-bond acceptors (Lipinski definition) is 1. The zero-order valence-electron chi connectivity index (χ0n) is 8.85. The molecule has 1 nitrogen and oxygen atoms in total. The molecule has 0 radical (unpaired) electrons. The van der Waals surface area contributed by atoms with Crippen LogP contribution in [0.5, 0.6) is 0 Å². The number of hydrogen-bond donors (Lipinski definition) is 0. The van der Waals surface area contributed by atoms with Crippen molar-refractivity contribution in [3.8, 4) is 12.0 Å². The molecule has 0 aromatic heterocycles. The first-order valence-electron chi connectivity index (χ1n) is 5.00. The molecule has 1 rings (SSSR count). The van der Waals surface area contributed by atoms with Crippen molar-refractivity contribution in [2.24, 2.45) is 5.92 Å². The molecule has 1 aliphatic rings. The van der Waals surface area contributed by atoms with Crippen molar-refractivity contribution in [2.75, 3.05) is 13.1 Å². The summed E-state index contributed by atoms with van der Waals surface area (Å²) in [5.74, 6) is 3.84. The van der Waals surface area contributed by atoms with Crippen molar-refractivity contribution < 1.29 is 0 Å². The van der Waals surface area contributed by atoms with Crippen LogP contribution in [0.25, 0.3) is 0 Å². The summed E-state index contributed by atoms with van der Waals surface area (Å²) < 4.78 is 0. The van der Waals surface area contributed by atoms with E-state index in [-0.39, 0.29) is 0 Å². The van der Waals surface area contributed by atoms with Crippen LogP contribution in [0.4, 0.5) is 0 Å². The fourth-order valence-electron chi connectivity index (χ4n) is 1.28. The Hall–Kier alpha value is -0.640. The van der Waals surface area contributed by atoms with Crippen molar-refractivity contribution in [1.29, 1.82) is 0 Å². The molecule has 12 heavy (non-hydrogen) atoms. The van der Waals surface area contributed by atoms with Gasteiger partial charge in [-0.1, -0.05) is 26.7 Å². The Balaban J connectivity index is 0.000000561. The van der Waals surface area contributed by atoms with Crippen LogP contribution in [0.2, 0.25) is 0 Å². The van der Waals surface area contributed by atoms with Gasteiger partial charge in [-0.3, -0.25) is 0 Å². The Morgan fingerprint density at radius 1 is 1.17 bits per heavy atom. The third-order valence-electron chi connectivity index (χ3n) is 2.05. The highest BCUT2D eigenvalue weighted by Crippen LogP contribution is 2.14. The second kappa shape index (κ2) is 7.03. The standard InChI is InChI=1S/C9H15N.C2H6/c1-3-6-10-7-4-9(2)5-8-10;1-2/h9H,4-5,7-8H2,1-2H3;1-2H3. The van der Waals surface area contributed by atoms with Gasteiger partial charge in [-0.25, -0.2) is 0 Å². The first kappa shape index (κ1) is 11.4. The van der Waals surface area contributed by atoms with E-state index in [4.69, 9.17) is 0 Å². The number of rotatable bonds is 0. The van der Waals surface area contributed by atoms with Gasteiger partial charge in [0.1, 0.15) is 0 Å². The number of likely N-dealkylation sites (tertiary alicyclic amines) is 1. The normalized spacial score (nSPS) is 17.2. The van der Waals surface area contributed by atoms with E-state index < -0.39 is 0 Å². The summed E-state index contributed by atoms with van der Waals surface area (Å²) in [7, 11) is 0. The third kappa shape index (κ3) is 4.28. The third-order valence-corrected chi connectivity index (χ3v) is 2.05. The lowest BCUT2D eigenvalue weighted by Gasteiger charge is -2.26. The van der Waals surface area contributed by atoms with Crippen LogP contribution >= 0.6 is 0 Å². The summed E-state index contributed by atoms with van der Waals surface area (Å²) in [5, 5.41) is 0. The van der Waals surface area contributed by atoms with Gasteiger partial charge in [-0.05, 0) is 25.7 Å². The van der Waals surface area contributed by atoms with Gasteiger partial charge >= 0.3 is 0 Å². The van der Waals surface area contributed by atoms with E-state index in [0.29, 0.717) is 0 Å². The summed E-state index contributed by atoms with van der Waals surface area (Å²) in [6.07, 6.45) is 2.63. The molecule has 70 valence electrons. The molecule has 1 saturated heterocycles. The highest BCUT2D eigenvalue weighted by Gasteiger charge is 2.12. The van der Waals surface area contributed by atoms with Crippen molar-refractivity contribution in [1.82, 2.24) is 4.90 Å². The molecule has 0 aromatic carbocycles. The quantitative estimate of drug-likeness (QED) is 0.501. The molecule has 0 atom stereocenters. The van der Waals surface area contributed by atoms with Crippen molar-refractivity contribution in [3.05, 3.63) is 0 Å². The molecule has 0 aromatic rings. The van der Waals surface area contributed by atoms with Gasteiger partial charge in [-0.2, -0.15) is 0 Å². The predicted molar refractivity (Wildman–Crippen MR) is 54.8 cm³/mol. The van der Waals surface area contributed by atoms with E-state index in [2.05, 4.69) is 23.8 Å². The van der Waals surface area contributed by atoms with Crippen LogP contribution in [0.3, 0.4) is 0 Å². The van der Waals surface area contributed by atoms with Crippen LogP contribution < -0.4 is 0 Å². The Morgan fingerprint density at radius 3 is 2.08 bits per heavy atom. The summed E-state index contributed by atoms with van der Waals surface area (Å²) in [5.41, 5.74) is 0. The van der Waals surface area contributed by atoms with Crippen LogP contribution in [-0.2, 0) is 0 Å². The summed E-state index contributed by atoms with van der Waals surface area (Å²) in [6, 6.07) is 3.09. The summed E-state index contributed by atoms with van der Waals surface area (Å²) in [4.78, 5) is 2.22. The Morgan fingerprint density at radius 2 is 1.67 bits per heavy atom. The van der Waals surface area contributed by atoms with Crippen LogP contribution in [-0.4, -0.2) is 18.0 Å². The average Bonchev–Trinajstić information content (AvgIpc) is 2.13. The predicted octanol–water partition coefficient (Wildman–Crippen LogP) is 2.73. The van der Waals surface area contributed by atoms with Crippen molar-refractivity contribution >= 4 is 0 Å². The molecule has 1 heterocycles.